The first-order valence-corrected chi connectivity index (χ1v) is 11.7. The van der Waals surface area contributed by atoms with E-state index in [1.54, 1.807) is 0 Å². The van der Waals surface area contributed by atoms with Crippen molar-refractivity contribution < 1.29 is 0 Å². The zero-order chi connectivity index (χ0) is 21.4. The van der Waals surface area contributed by atoms with Crippen molar-refractivity contribution in [2.24, 2.45) is 0 Å². The topological polar surface area (TPSA) is 69.2 Å². The number of nitrogens with one attached hydrogen (secondary N) is 2. The van der Waals surface area contributed by atoms with Gasteiger partial charge in [0.05, 0.1) is 22.6 Å². The number of nitrogens with zero attached hydrogens (tertiary/aromatic N) is 5. The maximum Gasteiger partial charge on any atom is 0.227 e. The highest BCUT2D eigenvalue weighted by Gasteiger charge is 2.20. The van der Waals surface area contributed by atoms with E-state index in [1.807, 2.05) is 18.5 Å². The molecule has 158 valence electrons. The third kappa shape index (κ3) is 4.48. The molecule has 31 heavy (non-hydrogen) atoms. The minimum absolute atomic E-state index is 0.546. The number of fused-ring (bicyclic) bond motifs is 3. The normalized spacial score (nSPS) is 16.2. The molecule has 0 atom stereocenters. The maximum atomic E-state index is 5.50. The van der Waals surface area contributed by atoms with Crippen LogP contribution in [-0.2, 0) is 6.42 Å². The number of likely N-dealkylation sites (N-methyl/N-ethyl adjacent to an activating group) is 1. The van der Waals surface area contributed by atoms with Crippen LogP contribution in [0.25, 0.3) is 11.3 Å². The molecular formula is C22H22IN7S. The minimum Gasteiger partial charge on any atom is -0.354 e. The fourth-order valence-corrected chi connectivity index (χ4v) is 4.59. The van der Waals surface area contributed by atoms with Crippen LogP contribution in [0.15, 0.2) is 42.7 Å². The molecule has 3 aromatic rings. The van der Waals surface area contributed by atoms with E-state index < -0.39 is 0 Å². The minimum atomic E-state index is 0.546. The predicted molar refractivity (Wildman–Crippen MR) is 137 cm³/mol. The summed E-state index contributed by atoms with van der Waals surface area (Å²) < 4.78 is 1.15. The smallest absolute Gasteiger partial charge is 0.227 e. The molecule has 2 N–H and O–H groups in total. The number of benzene rings is 1. The maximum absolute atomic E-state index is 5.50. The summed E-state index contributed by atoms with van der Waals surface area (Å²) in [7, 11) is 2.15. The molecule has 0 spiro atoms. The van der Waals surface area contributed by atoms with Gasteiger partial charge in [-0.15, -0.1) is 0 Å². The van der Waals surface area contributed by atoms with E-state index in [2.05, 4.69) is 84.3 Å². The largest absolute Gasteiger partial charge is 0.354 e. The second-order valence-electron chi connectivity index (χ2n) is 7.80. The summed E-state index contributed by atoms with van der Waals surface area (Å²) in [5.74, 6) is 1.55. The van der Waals surface area contributed by atoms with Crippen LogP contribution in [0.3, 0.4) is 0 Å². The summed E-state index contributed by atoms with van der Waals surface area (Å²) in [5.41, 5.74) is 4.80. The number of rotatable bonds is 3. The molecule has 9 heteroatoms. The van der Waals surface area contributed by atoms with Crippen LogP contribution in [0.2, 0.25) is 0 Å². The zero-order valence-electron chi connectivity index (χ0n) is 17.1. The van der Waals surface area contributed by atoms with E-state index >= 15 is 0 Å². The Morgan fingerprint density at radius 2 is 1.90 bits per heavy atom. The van der Waals surface area contributed by atoms with Crippen molar-refractivity contribution >= 4 is 62.9 Å². The summed E-state index contributed by atoms with van der Waals surface area (Å²) in [5, 5.41) is 6.64. The first-order valence-electron chi connectivity index (χ1n) is 10.2. The fraction of sp³-hybridized carbons (Fsp3) is 0.273. The second-order valence-corrected chi connectivity index (χ2v) is 9.54. The van der Waals surface area contributed by atoms with Gasteiger partial charge < -0.3 is 20.4 Å². The van der Waals surface area contributed by atoms with Gasteiger partial charge in [-0.05, 0) is 60.0 Å². The Labute approximate surface area is 200 Å². The lowest BCUT2D eigenvalue weighted by Crippen LogP contribution is -2.44. The van der Waals surface area contributed by atoms with Gasteiger partial charge in [-0.1, -0.05) is 12.2 Å². The number of thiocarbonyl (C=S) groups is 1. The van der Waals surface area contributed by atoms with Crippen LogP contribution in [0, 0.1) is 3.57 Å². The van der Waals surface area contributed by atoms with E-state index in [0.29, 0.717) is 12.4 Å². The van der Waals surface area contributed by atoms with Gasteiger partial charge >= 0.3 is 0 Å². The lowest BCUT2D eigenvalue weighted by molar-refractivity contribution is 0.312. The molecule has 2 aliphatic rings. The number of pyridine rings is 1. The van der Waals surface area contributed by atoms with Crippen LogP contribution >= 0.6 is 34.8 Å². The van der Waals surface area contributed by atoms with E-state index in [1.165, 1.54) is 0 Å². The highest BCUT2D eigenvalue weighted by Crippen LogP contribution is 2.34. The van der Waals surface area contributed by atoms with Crippen LogP contribution in [0.4, 0.5) is 23.1 Å². The van der Waals surface area contributed by atoms with Crippen molar-refractivity contribution in [2.75, 3.05) is 48.8 Å². The van der Waals surface area contributed by atoms with Crippen LogP contribution in [0.1, 0.15) is 5.56 Å². The Balaban J connectivity index is 1.39. The van der Waals surface area contributed by atoms with E-state index in [0.717, 1.165) is 68.8 Å². The number of hydrogen-bond acceptors (Lipinski definition) is 7. The zero-order valence-corrected chi connectivity index (χ0v) is 20.1. The number of piperazine rings is 1. The van der Waals surface area contributed by atoms with Crippen molar-refractivity contribution in [3.63, 3.8) is 0 Å². The first kappa shape index (κ1) is 20.5. The Bertz CT molecular complexity index is 1130. The Morgan fingerprint density at radius 1 is 1.06 bits per heavy atom. The average Bonchev–Trinajstić information content (AvgIpc) is 2.89. The van der Waals surface area contributed by atoms with E-state index in [9.17, 15) is 0 Å². The molecule has 0 aliphatic carbocycles. The Hall–Kier alpha value is -2.37. The van der Waals surface area contributed by atoms with Crippen molar-refractivity contribution in [3.8, 4) is 11.3 Å². The van der Waals surface area contributed by atoms with Crippen molar-refractivity contribution in [3.05, 3.63) is 51.9 Å². The van der Waals surface area contributed by atoms with Crippen molar-refractivity contribution in [1.82, 2.24) is 19.9 Å². The van der Waals surface area contributed by atoms with Gasteiger partial charge in [0.1, 0.15) is 5.82 Å². The van der Waals surface area contributed by atoms with Crippen LogP contribution < -0.4 is 15.5 Å². The molecule has 0 bridgehead atoms. The summed E-state index contributed by atoms with van der Waals surface area (Å²) in [6, 6.07) is 10.3. The Kier molecular flexibility index (Phi) is 5.72. The van der Waals surface area contributed by atoms with Gasteiger partial charge in [-0.2, -0.15) is 0 Å². The quantitative estimate of drug-likeness (QED) is 0.381. The lowest BCUT2D eigenvalue weighted by Gasteiger charge is -2.33. The molecule has 2 aliphatic heterocycles. The number of halogens is 1. The van der Waals surface area contributed by atoms with E-state index in [4.69, 9.17) is 17.2 Å². The Morgan fingerprint density at radius 3 is 2.68 bits per heavy atom. The van der Waals surface area contributed by atoms with Gasteiger partial charge in [0, 0.05) is 59.2 Å². The first-order chi connectivity index (χ1) is 15.0. The molecule has 0 amide bonds. The summed E-state index contributed by atoms with van der Waals surface area (Å²) in [4.78, 5) is 19.4. The van der Waals surface area contributed by atoms with Gasteiger partial charge in [0.25, 0.3) is 0 Å². The van der Waals surface area contributed by atoms with Gasteiger partial charge in [0.2, 0.25) is 5.95 Å². The lowest BCUT2D eigenvalue weighted by atomic mass is 10.1. The van der Waals surface area contributed by atoms with Crippen LogP contribution in [0.5, 0.6) is 0 Å². The molecule has 1 aromatic carbocycles. The number of hydrogen-bond donors (Lipinski definition) is 2. The van der Waals surface area contributed by atoms with Gasteiger partial charge in [0.15, 0.2) is 0 Å². The molecule has 0 unspecified atom stereocenters. The van der Waals surface area contributed by atoms with E-state index in [-0.39, 0.29) is 0 Å². The summed E-state index contributed by atoms with van der Waals surface area (Å²) >= 11 is 7.80. The standard InChI is InChI=1S/C22H22IN7S/c1-29-6-8-30(9-7-29)19-5-3-16(13-24-19)26-22-25-12-14-10-20(31)27-18-11-15(23)2-4-17(18)21(14)28-22/h2-5,11-13H,6-10H2,1H3,(H,27,31)(H,25,26,28). The third-order valence-corrected chi connectivity index (χ3v) is 6.48. The van der Waals surface area contributed by atoms with Crippen molar-refractivity contribution in [2.45, 2.75) is 6.42 Å². The average molecular weight is 543 g/mol. The number of aromatic nitrogens is 3. The molecule has 4 heterocycles. The predicted octanol–water partition coefficient (Wildman–Crippen LogP) is 3.93. The molecule has 1 fully saturated rings. The molecule has 5 rings (SSSR count). The monoisotopic (exact) mass is 543 g/mol. The molecule has 1 saturated heterocycles. The second kappa shape index (κ2) is 8.64. The molecule has 7 nitrogen and oxygen atoms in total. The molecule has 0 radical (unpaired) electrons. The summed E-state index contributed by atoms with van der Waals surface area (Å²) in [6.07, 6.45) is 4.32. The highest BCUT2D eigenvalue weighted by molar-refractivity contribution is 14.1. The van der Waals surface area contributed by atoms with Crippen molar-refractivity contribution in [1.29, 1.82) is 0 Å². The van der Waals surface area contributed by atoms with Gasteiger partial charge in [-0.3, -0.25) is 0 Å². The highest BCUT2D eigenvalue weighted by atomic mass is 127. The fourth-order valence-electron chi connectivity index (χ4n) is 3.84. The SMILES string of the molecule is CN1CCN(c2ccc(Nc3ncc4c(n3)-c3ccc(I)cc3NC(=S)C4)cn2)CC1. The molecule has 0 saturated carbocycles. The summed E-state index contributed by atoms with van der Waals surface area (Å²) in [6.45, 7) is 4.11. The molecular weight excluding hydrogens is 521 g/mol. The third-order valence-electron chi connectivity index (χ3n) is 5.56. The molecule has 2 aromatic heterocycles. The van der Waals surface area contributed by atoms with Crippen LogP contribution in [-0.4, -0.2) is 58.1 Å². The number of anilines is 4. The van der Waals surface area contributed by atoms with Gasteiger partial charge in [-0.25, -0.2) is 15.0 Å².